The first kappa shape index (κ1) is 14.6. The van der Waals surface area contributed by atoms with Gasteiger partial charge in [0.1, 0.15) is 10.1 Å². The molecule has 3 rings (SSSR count). The van der Waals surface area contributed by atoms with Crippen LogP contribution in [-0.2, 0) is 12.3 Å². The van der Waals surface area contributed by atoms with Crippen LogP contribution in [0.4, 0.5) is 0 Å². The Morgan fingerprint density at radius 2 is 1.95 bits per heavy atom. The summed E-state index contributed by atoms with van der Waals surface area (Å²) in [6, 6.07) is 10.5. The summed E-state index contributed by atoms with van der Waals surface area (Å²) in [5.74, 6) is 1.93. The normalized spacial score (nSPS) is 14.6. The number of hydrogen-bond donors (Lipinski definition) is 0. The Labute approximate surface area is 135 Å². The van der Waals surface area contributed by atoms with Crippen molar-refractivity contribution in [3.05, 3.63) is 54.1 Å². The third-order valence-electron chi connectivity index (χ3n) is 3.69. The first-order valence-electron chi connectivity index (χ1n) is 7.28. The quantitative estimate of drug-likeness (QED) is 0.804. The van der Waals surface area contributed by atoms with E-state index in [4.69, 9.17) is 12.2 Å². The summed E-state index contributed by atoms with van der Waals surface area (Å²) in [6.45, 7) is 3.10. The molecule has 2 aromatic rings. The predicted molar refractivity (Wildman–Crippen MR) is 92.5 cm³/mol. The van der Waals surface area contributed by atoms with Crippen molar-refractivity contribution in [2.75, 3.05) is 13.1 Å². The summed E-state index contributed by atoms with van der Waals surface area (Å²) in [5.41, 5.74) is 1.30. The van der Waals surface area contributed by atoms with Crippen LogP contribution in [0, 0.1) is 0 Å². The molecule has 5 heteroatoms. The second kappa shape index (κ2) is 7.09. The van der Waals surface area contributed by atoms with E-state index in [0.29, 0.717) is 0 Å². The lowest BCUT2D eigenvalue weighted by atomic mass is 10.2. The van der Waals surface area contributed by atoms with Crippen LogP contribution in [0.5, 0.6) is 0 Å². The van der Waals surface area contributed by atoms with Crippen LogP contribution in [0.15, 0.2) is 42.7 Å². The van der Waals surface area contributed by atoms with Gasteiger partial charge in [0.15, 0.2) is 0 Å². The Bertz CT molecular complexity index is 589. The van der Waals surface area contributed by atoms with Gasteiger partial charge in [-0.05, 0) is 18.4 Å². The Kier molecular flexibility index (Phi) is 4.93. The van der Waals surface area contributed by atoms with E-state index in [2.05, 4.69) is 38.7 Å². The first-order valence-corrected chi connectivity index (χ1v) is 8.68. The molecule has 110 valence electrons. The molecule has 1 saturated heterocycles. The number of aromatic nitrogens is 2. The van der Waals surface area contributed by atoms with Gasteiger partial charge in [-0.1, -0.05) is 54.3 Å². The van der Waals surface area contributed by atoms with Gasteiger partial charge in [0.2, 0.25) is 0 Å². The average Bonchev–Trinajstić information content (AvgIpc) is 3.18. The number of hydrogen-bond acceptors (Lipinski definition) is 3. The smallest absolute Gasteiger partial charge is 0.136 e. The van der Waals surface area contributed by atoms with Crippen LogP contribution in [0.25, 0.3) is 0 Å². The van der Waals surface area contributed by atoms with E-state index in [0.717, 1.165) is 35.5 Å². The molecule has 0 bridgehead atoms. The minimum absolute atomic E-state index is 0.842. The van der Waals surface area contributed by atoms with Crippen LogP contribution >= 0.6 is 24.0 Å². The molecule has 1 aromatic heterocycles. The highest BCUT2D eigenvalue weighted by atomic mass is 32.2. The summed E-state index contributed by atoms with van der Waals surface area (Å²) >= 11 is 7.24. The number of thioether (sulfide) groups is 1. The van der Waals surface area contributed by atoms with Gasteiger partial charge in [-0.3, -0.25) is 0 Å². The van der Waals surface area contributed by atoms with Crippen molar-refractivity contribution < 1.29 is 0 Å². The molecule has 0 aliphatic carbocycles. The van der Waals surface area contributed by atoms with Gasteiger partial charge in [0, 0.05) is 32.0 Å². The SMILES string of the molecule is S=C(SCc1nccn1Cc1ccccc1)N1CCCC1. The Morgan fingerprint density at radius 1 is 1.19 bits per heavy atom. The molecule has 0 atom stereocenters. The first-order chi connectivity index (χ1) is 10.3. The number of likely N-dealkylation sites (tertiary alicyclic amines) is 1. The molecular weight excluding hydrogens is 298 g/mol. The number of rotatable bonds is 4. The average molecular weight is 317 g/mol. The monoisotopic (exact) mass is 317 g/mol. The largest absolute Gasteiger partial charge is 0.358 e. The summed E-state index contributed by atoms with van der Waals surface area (Å²) in [6.07, 6.45) is 6.45. The molecule has 0 spiro atoms. The van der Waals surface area contributed by atoms with Gasteiger partial charge in [0.25, 0.3) is 0 Å². The van der Waals surface area contributed by atoms with Gasteiger partial charge >= 0.3 is 0 Å². The van der Waals surface area contributed by atoms with Crippen molar-refractivity contribution >= 4 is 28.3 Å². The lowest BCUT2D eigenvalue weighted by Crippen LogP contribution is -2.23. The molecular formula is C16H19N3S2. The van der Waals surface area contributed by atoms with E-state index in [-0.39, 0.29) is 0 Å². The Balaban J connectivity index is 1.59. The van der Waals surface area contributed by atoms with E-state index in [1.165, 1.54) is 18.4 Å². The highest BCUT2D eigenvalue weighted by Gasteiger charge is 2.15. The van der Waals surface area contributed by atoms with Crippen LogP contribution in [0.3, 0.4) is 0 Å². The predicted octanol–water partition coefficient (Wildman–Crippen LogP) is 3.55. The van der Waals surface area contributed by atoms with E-state index in [9.17, 15) is 0 Å². The van der Waals surface area contributed by atoms with Crippen LogP contribution in [-0.4, -0.2) is 31.9 Å². The third-order valence-corrected chi connectivity index (χ3v) is 5.21. The molecule has 21 heavy (non-hydrogen) atoms. The van der Waals surface area contributed by atoms with Crippen LogP contribution < -0.4 is 0 Å². The highest BCUT2D eigenvalue weighted by molar-refractivity contribution is 8.22. The number of nitrogens with zero attached hydrogens (tertiary/aromatic N) is 3. The second-order valence-electron chi connectivity index (χ2n) is 5.21. The van der Waals surface area contributed by atoms with E-state index in [1.807, 2.05) is 18.5 Å². The molecule has 1 aliphatic rings. The Hall–Kier alpha value is -1.33. The maximum absolute atomic E-state index is 5.51. The van der Waals surface area contributed by atoms with Gasteiger partial charge in [-0.25, -0.2) is 4.98 Å². The van der Waals surface area contributed by atoms with Gasteiger partial charge in [0.05, 0.1) is 5.75 Å². The summed E-state index contributed by atoms with van der Waals surface area (Å²) in [4.78, 5) is 6.78. The maximum Gasteiger partial charge on any atom is 0.136 e. The fraction of sp³-hybridized carbons (Fsp3) is 0.375. The van der Waals surface area contributed by atoms with Gasteiger partial charge in [-0.2, -0.15) is 0 Å². The number of thiocarbonyl (C=S) groups is 1. The number of imidazole rings is 1. The molecule has 1 aromatic carbocycles. The highest BCUT2D eigenvalue weighted by Crippen LogP contribution is 2.20. The second-order valence-corrected chi connectivity index (χ2v) is 6.81. The summed E-state index contributed by atoms with van der Waals surface area (Å²) in [7, 11) is 0. The lowest BCUT2D eigenvalue weighted by molar-refractivity contribution is 0.539. The molecule has 0 N–H and O–H groups in total. The molecule has 3 nitrogen and oxygen atoms in total. The topological polar surface area (TPSA) is 21.1 Å². The molecule has 0 saturated carbocycles. The zero-order valence-electron chi connectivity index (χ0n) is 11.9. The molecule has 0 amide bonds. The molecule has 1 fully saturated rings. The molecule has 1 aliphatic heterocycles. The fourth-order valence-corrected chi connectivity index (χ4v) is 3.74. The minimum atomic E-state index is 0.842. The lowest BCUT2D eigenvalue weighted by Gasteiger charge is -2.17. The van der Waals surface area contributed by atoms with Gasteiger partial charge in [-0.15, -0.1) is 0 Å². The van der Waals surface area contributed by atoms with Crippen molar-refractivity contribution in [3.63, 3.8) is 0 Å². The molecule has 0 unspecified atom stereocenters. The number of benzene rings is 1. The van der Waals surface area contributed by atoms with Crippen molar-refractivity contribution in [1.29, 1.82) is 0 Å². The van der Waals surface area contributed by atoms with Crippen molar-refractivity contribution in [3.8, 4) is 0 Å². The molecule has 2 heterocycles. The standard InChI is InChI=1S/C16H19N3S2/c20-16(18-9-4-5-10-18)21-13-15-17-8-11-19(15)12-14-6-2-1-3-7-14/h1-3,6-8,11H,4-5,9-10,12-13H2. The van der Waals surface area contributed by atoms with E-state index >= 15 is 0 Å². The van der Waals surface area contributed by atoms with Gasteiger partial charge < -0.3 is 9.47 Å². The van der Waals surface area contributed by atoms with E-state index < -0.39 is 0 Å². The zero-order chi connectivity index (χ0) is 14.5. The maximum atomic E-state index is 5.51. The minimum Gasteiger partial charge on any atom is -0.358 e. The van der Waals surface area contributed by atoms with Crippen LogP contribution in [0.2, 0.25) is 0 Å². The van der Waals surface area contributed by atoms with Crippen molar-refractivity contribution in [2.45, 2.75) is 25.1 Å². The third kappa shape index (κ3) is 3.86. The van der Waals surface area contributed by atoms with Crippen molar-refractivity contribution in [2.24, 2.45) is 0 Å². The van der Waals surface area contributed by atoms with Crippen molar-refractivity contribution in [1.82, 2.24) is 14.5 Å². The molecule has 0 radical (unpaired) electrons. The van der Waals surface area contributed by atoms with E-state index in [1.54, 1.807) is 11.8 Å². The Morgan fingerprint density at radius 3 is 2.71 bits per heavy atom. The zero-order valence-corrected chi connectivity index (χ0v) is 13.6. The summed E-state index contributed by atoms with van der Waals surface area (Å²) in [5, 5.41) is 0. The van der Waals surface area contributed by atoms with Crippen LogP contribution in [0.1, 0.15) is 24.2 Å². The fourth-order valence-electron chi connectivity index (χ4n) is 2.52. The summed E-state index contributed by atoms with van der Waals surface area (Å²) < 4.78 is 3.22.